The maximum atomic E-state index is 12.6. The van der Waals surface area contributed by atoms with Crippen LogP contribution in [-0.4, -0.2) is 4.98 Å². The van der Waals surface area contributed by atoms with Crippen LogP contribution in [0.4, 0.5) is 8.78 Å². The molecule has 0 saturated carbocycles. The van der Waals surface area contributed by atoms with Crippen molar-refractivity contribution in [2.24, 2.45) is 0 Å². The van der Waals surface area contributed by atoms with E-state index in [0.717, 1.165) is 0 Å². The van der Waals surface area contributed by atoms with Gasteiger partial charge < -0.3 is 0 Å². The van der Waals surface area contributed by atoms with E-state index in [9.17, 15) is 8.78 Å². The molecule has 74 valence electrons. The van der Waals surface area contributed by atoms with Crippen molar-refractivity contribution in [3.05, 3.63) is 27.5 Å². The zero-order valence-corrected chi connectivity index (χ0v) is 8.98. The summed E-state index contributed by atoms with van der Waals surface area (Å²) in [4.78, 5) is 3.91. The van der Waals surface area contributed by atoms with Gasteiger partial charge in [0.1, 0.15) is 0 Å². The Hall–Kier alpha value is -1.02. The van der Waals surface area contributed by atoms with Gasteiger partial charge in [-0.1, -0.05) is 15.9 Å². The second-order valence-corrected chi connectivity index (χ2v) is 3.60. The van der Waals surface area contributed by atoms with Crippen molar-refractivity contribution in [1.29, 1.82) is 5.26 Å². The monoisotopic (exact) mass is 260 g/mol. The SMILES string of the molecule is Cc1cc(Br)c(C(F)F)c(CC#N)n1. The molecule has 0 aliphatic carbocycles. The van der Waals surface area contributed by atoms with Gasteiger partial charge in [-0.3, -0.25) is 4.98 Å². The Morgan fingerprint density at radius 1 is 1.64 bits per heavy atom. The largest absolute Gasteiger partial charge is 0.266 e. The molecule has 1 rings (SSSR count). The third-order valence-electron chi connectivity index (χ3n) is 1.68. The Balaban J connectivity index is 3.30. The first-order valence-corrected chi connectivity index (χ1v) is 4.66. The normalized spacial score (nSPS) is 10.3. The van der Waals surface area contributed by atoms with Gasteiger partial charge in [0.15, 0.2) is 0 Å². The van der Waals surface area contributed by atoms with Crippen LogP contribution in [-0.2, 0) is 6.42 Å². The fourth-order valence-electron chi connectivity index (χ4n) is 1.14. The summed E-state index contributed by atoms with van der Waals surface area (Å²) in [6.45, 7) is 1.70. The fourth-order valence-corrected chi connectivity index (χ4v) is 1.88. The summed E-state index contributed by atoms with van der Waals surface area (Å²) in [5, 5.41) is 8.46. The number of halogens is 3. The van der Waals surface area contributed by atoms with Crippen molar-refractivity contribution >= 4 is 15.9 Å². The topological polar surface area (TPSA) is 36.7 Å². The zero-order chi connectivity index (χ0) is 10.7. The molecule has 0 aromatic carbocycles. The van der Waals surface area contributed by atoms with E-state index < -0.39 is 6.43 Å². The average molecular weight is 261 g/mol. The summed E-state index contributed by atoms with van der Waals surface area (Å²) in [7, 11) is 0. The van der Waals surface area contributed by atoms with E-state index in [4.69, 9.17) is 5.26 Å². The predicted molar refractivity (Wildman–Crippen MR) is 50.9 cm³/mol. The van der Waals surface area contributed by atoms with Crippen LogP contribution in [0.25, 0.3) is 0 Å². The molecule has 0 spiro atoms. The van der Waals surface area contributed by atoms with Gasteiger partial charge in [0.05, 0.1) is 23.7 Å². The molecule has 1 aromatic heterocycles. The first-order valence-electron chi connectivity index (χ1n) is 3.87. The van der Waals surface area contributed by atoms with Crippen LogP contribution in [0.5, 0.6) is 0 Å². The van der Waals surface area contributed by atoms with Gasteiger partial charge >= 0.3 is 0 Å². The molecular weight excluding hydrogens is 254 g/mol. The van der Waals surface area contributed by atoms with Gasteiger partial charge in [-0.15, -0.1) is 0 Å². The van der Waals surface area contributed by atoms with E-state index in [1.165, 1.54) is 6.07 Å². The van der Waals surface area contributed by atoms with Crippen molar-refractivity contribution < 1.29 is 8.78 Å². The summed E-state index contributed by atoms with van der Waals surface area (Å²) >= 11 is 3.04. The van der Waals surface area contributed by atoms with Gasteiger partial charge in [0, 0.05) is 10.2 Å². The second-order valence-electron chi connectivity index (χ2n) is 2.74. The van der Waals surface area contributed by atoms with Crippen LogP contribution in [0.15, 0.2) is 10.5 Å². The molecule has 0 N–H and O–H groups in total. The molecule has 0 atom stereocenters. The van der Waals surface area contributed by atoms with Crippen molar-refractivity contribution in [1.82, 2.24) is 4.98 Å². The Bertz CT molecular complexity index is 385. The summed E-state index contributed by atoms with van der Waals surface area (Å²) in [6, 6.07) is 3.33. The first-order chi connectivity index (χ1) is 6.56. The molecule has 1 heterocycles. The van der Waals surface area contributed by atoms with Crippen molar-refractivity contribution in [2.75, 3.05) is 0 Å². The van der Waals surface area contributed by atoms with E-state index in [-0.39, 0.29) is 17.7 Å². The fraction of sp³-hybridized carbons (Fsp3) is 0.333. The predicted octanol–water partition coefficient (Wildman–Crippen LogP) is 3.16. The number of hydrogen-bond acceptors (Lipinski definition) is 2. The number of alkyl halides is 2. The van der Waals surface area contributed by atoms with Gasteiger partial charge in [0.2, 0.25) is 0 Å². The molecule has 5 heteroatoms. The van der Waals surface area contributed by atoms with E-state index in [2.05, 4.69) is 20.9 Å². The minimum Gasteiger partial charge on any atom is -0.257 e. The smallest absolute Gasteiger partial charge is 0.257 e. The van der Waals surface area contributed by atoms with E-state index >= 15 is 0 Å². The number of rotatable bonds is 2. The molecule has 0 aliphatic rings. The minimum atomic E-state index is -2.61. The lowest BCUT2D eigenvalue weighted by Gasteiger charge is -2.08. The first kappa shape index (κ1) is 11.1. The lowest BCUT2D eigenvalue weighted by molar-refractivity contribution is 0.149. The maximum absolute atomic E-state index is 12.6. The molecule has 2 nitrogen and oxygen atoms in total. The molecule has 1 aromatic rings. The van der Waals surface area contributed by atoms with Gasteiger partial charge in [-0.2, -0.15) is 5.26 Å². The van der Waals surface area contributed by atoms with Crippen LogP contribution >= 0.6 is 15.9 Å². The highest BCUT2D eigenvalue weighted by Gasteiger charge is 2.18. The summed E-state index contributed by atoms with van der Waals surface area (Å²) in [6.07, 6.45) is -2.71. The van der Waals surface area contributed by atoms with Gasteiger partial charge in [-0.05, 0) is 13.0 Å². The maximum Gasteiger partial charge on any atom is 0.266 e. The number of hydrogen-bond donors (Lipinski definition) is 0. The summed E-state index contributed by atoms with van der Waals surface area (Å²) < 4.78 is 25.4. The van der Waals surface area contributed by atoms with Gasteiger partial charge in [0.25, 0.3) is 6.43 Å². The zero-order valence-electron chi connectivity index (χ0n) is 7.39. The molecule has 14 heavy (non-hydrogen) atoms. The number of pyridine rings is 1. The Morgan fingerprint density at radius 3 is 2.79 bits per heavy atom. The third kappa shape index (κ3) is 2.26. The Kier molecular flexibility index (Phi) is 3.53. The van der Waals surface area contributed by atoms with E-state index in [1.807, 2.05) is 6.07 Å². The number of aryl methyl sites for hydroxylation is 1. The van der Waals surface area contributed by atoms with Crippen molar-refractivity contribution in [3.63, 3.8) is 0 Å². The highest BCUT2D eigenvalue weighted by Crippen LogP contribution is 2.30. The number of nitrogens with zero attached hydrogens (tertiary/aromatic N) is 2. The van der Waals surface area contributed by atoms with Crippen LogP contribution in [0.1, 0.15) is 23.4 Å². The summed E-state index contributed by atoms with van der Waals surface area (Å²) in [5.74, 6) is 0. The molecule has 0 saturated heterocycles. The highest BCUT2D eigenvalue weighted by atomic mass is 79.9. The minimum absolute atomic E-state index is 0.0973. The molecular formula is C9H7BrF2N2. The van der Waals surface area contributed by atoms with Crippen molar-refractivity contribution in [3.8, 4) is 6.07 Å². The Labute approximate surface area is 88.7 Å². The highest BCUT2D eigenvalue weighted by molar-refractivity contribution is 9.10. The third-order valence-corrected chi connectivity index (χ3v) is 2.34. The summed E-state index contributed by atoms with van der Waals surface area (Å²) in [5.41, 5.74) is 0.582. The van der Waals surface area contributed by atoms with Crippen LogP contribution in [0.3, 0.4) is 0 Å². The molecule has 0 amide bonds. The van der Waals surface area contributed by atoms with Crippen LogP contribution in [0, 0.1) is 18.3 Å². The average Bonchev–Trinajstić information content (AvgIpc) is 2.01. The lowest BCUT2D eigenvalue weighted by Crippen LogP contribution is -2.01. The van der Waals surface area contributed by atoms with E-state index in [1.54, 1.807) is 6.92 Å². The lowest BCUT2D eigenvalue weighted by atomic mass is 10.1. The molecule has 0 fully saturated rings. The molecule has 0 aliphatic heterocycles. The standard InChI is InChI=1S/C9H7BrF2N2/c1-5-4-6(10)8(9(11)12)7(14-5)2-3-13/h4,9H,2H2,1H3. The molecule has 0 radical (unpaired) electrons. The second kappa shape index (κ2) is 4.47. The van der Waals surface area contributed by atoms with Crippen molar-refractivity contribution in [2.45, 2.75) is 19.8 Å². The van der Waals surface area contributed by atoms with Gasteiger partial charge in [-0.25, -0.2) is 8.78 Å². The quantitative estimate of drug-likeness (QED) is 0.819. The number of nitriles is 1. The Morgan fingerprint density at radius 2 is 2.29 bits per heavy atom. The molecule has 0 bridgehead atoms. The van der Waals surface area contributed by atoms with Crippen LogP contribution in [0.2, 0.25) is 0 Å². The van der Waals surface area contributed by atoms with E-state index in [0.29, 0.717) is 10.2 Å². The number of aromatic nitrogens is 1. The van der Waals surface area contributed by atoms with Crippen LogP contribution < -0.4 is 0 Å². The molecule has 0 unspecified atom stereocenters.